The lowest BCUT2D eigenvalue weighted by Gasteiger charge is -2.11. The normalized spacial score (nSPS) is 10.5. The van der Waals surface area contributed by atoms with Crippen LogP contribution in [-0.2, 0) is 17.9 Å². The van der Waals surface area contributed by atoms with Gasteiger partial charge in [0.1, 0.15) is 12.2 Å². The van der Waals surface area contributed by atoms with Gasteiger partial charge in [0.2, 0.25) is 5.91 Å². The third kappa shape index (κ3) is 3.80. The van der Waals surface area contributed by atoms with E-state index < -0.39 is 5.56 Å². The van der Waals surface area contributed by atoms with Crippen LogP contribution in [-0.4, -0.2) is 32.6 Å². The summed E-state index contributed by atoms with van der Waals surface area (Å²) >= 11 is 0. The minimum absolute atomic E-state index is 0.208. The molecule has 0 spiro atoms. The van der Waals surface area contributed by atoms with Crippen molar-refractivity contribution in [2.45, 2.75) is 20.0 Å². The fourth-order valence-corrected chi connectivity index (χ4v) is 2.48. The molecule has 1 amide bonds. The molecule has 0 atom stereocenters. The first-order valence-electron chi connectivity index (χ1n) is 8.14. The summed E-state index contributed by atoms with van der Waals surface area (Å²) in [7, 11) is 1.48. The van der Waals surface area contributed by atoms with Crippen LogP contribution >= 0.6 is 0 Å². The van der Waals surface area contributed by atoms with Crippen molar-refractivity contribution in [1.82, 2.24) is 19.6 Å². The number of nitrogens with one attached hydrogen (secondary N) is 1. The Morgan fingerprint density at radius 1 is 1.27 bits per heavy atom. The summed E-state index contributed by atoms with van der Waals surface area (Å²) in [4.78, 5) is 24.5. The highest BCUT2D eigenvalue weighted by atomic mass is 16.5. The van der Waals surface area contributed by atoms with E-state index in [1.54, 1.807) is 17.1 Å². The van der Waals surface area contributed by atoms with Crippen molar-refractivity contribution >= 4 is 11.6 Å². The van der Waals surface area contributed by atoms with Crippen LogP contribution < -0.4 is 15.6 Å². The Morgan fingerprint density at radius 2 is 2.04 bits per heavy atom. The van der Waals surface area contributed by atoms with Crippen molar-refractivity contribution in [3.8, 4) is 17.0 Å². The molecule has 0 bridgehead atoms. The Hall–Kier alpha value is -3.42. The number of methoxy groups -OCH3 is 1. The van der Waals surface area contributed by atoms with E-state index in [0.29, 0.717) is 23.7 Å². The van der Waals surface area contributed by atoms with Gasteiger partial charge >= 0.3 is 0 Å². The Labute approximate surface area is 150 Å². The average molecular weight is 353 g/mol. The average Bonchev–Trinajstić information content (AvgIpc) is 3.11. The highest BCUT2D eigenvalue weighted by Gasteiger charge is 2.14. The second kappa shape index (κ2) is 7.64. The van der Waals surface area contributed by atoms with Gasteiger partial charge < -0.3 is 10.1 Å². The van der Waals surface area contributed by atoms with E-state index in [-0.39, 0.29) is 12.5 Å². The van der Waals surface area contributed by atoms with Crippen LogP contribution in [0.2, 0.25) is 0 Å². The van der Waals surface area contributed by atoms with E-state index in [0.717, 1.165) is 10.2 Å². The molecule has 0 aliphatic heterocycles. The maximum Gasteiger partial charge on any atom is 0.270 e. The van der Waals surface area contributed by atoms with Crippen LogP contribution in [0.25, 0.3) is 11.3 Å². The summed E-state index contributed by atoms with van der Waals surface area (Å²) in [5.74, 6) is 0.00140. The molecule has 8 heteroatoms. The Bertz CT molecular complexity index is 962. The second-order valence-corrected chi connectivity index (χ2v) is 5.56. The van der Waals surface area contributed by atoms with Gasteiger partial charge in [-0.25, -0.2) is 4.68 Å². The van der Waals surface area contributed by atoms with Gasteiger partial charge in [0.15, 0.2) is 5.75 Å². The maximum atomic E-state index is 12.3. The molecule has 0 saturated heterocycles. The lowest BCUT2D eigenvalue weighted by atomic mass is 10.1. The number of hydrogen-bond acceptors (Lipinski definition) is 5. The smallest absolute Gasteiger partial charge is 0.270 e. The van der Waals surface area contributed by atoms with E-state index in [4.69, 9.17) is 4.74 Å². The van der Waals surface area contributed by atoms with Crippen LogP contribution in [0.3, 0.4) is 0 Å². The molecule has 8 nitrogen and oxygen atoms in total. The number of hydrogen-bond donors (Lipinski definition) is 1. The minimum atomic E-state index is -0.416. The quantitative estimate of drug-likeness (QED) is 0.729. The number of nitrogens with zero attached hydrogens (tertiary/aromatic N) is 4. The molecule has 1 N–H and O–H groups in total. The first kappa shape index (κ1) is 17.4. The highest BCUT2D eigenvalue weighted by molar-refractivity contribution is 5.90. The molecule has 0 aliphatic rings. The zero-order valence-electron chi connectivity index (χ0n) is 14.5. The van der Waals surface area contributed by atoms with Gasteiger partial charge in [-0.05, 0) is 6.92 Å². The minimum Gasteiger partial charge on any atom is -0.494 e. The van der Waals surface area contributed by atoms with E-state index >= 15 is 0 Å². The molecular weight excluding hydrogens is 334 g/mol. The molecule has 134 valence electrons. The van der Waals surface area contributed by atoms with Gasteiger partial charge in [0.05, 0.1) is 19.0 Å². The van der Waals surface area contributed by atoms with Crippen LogP contribution in [0.4, 0.5) is 5.69 Å². The van der Waals surface area contributed by atoms with Gasteiger partial charge in [0, 0.05) is 24.4 Å². The number of carbonyl (C=O) groups is 1. The SMILES string of the molecule is CCn1cc(NC(=O)Cn2nc(-c3ccccc3)c(OC)cc2=O)cn1. The molecule has 3 rings (SSSR count). The molecule has 0 unspecified atom stereocenters. The van der Waals surface area contributed by atoms with Crippen molar-refractivity contribution in [2.24, 2.45) is 0 Å². The molecule has 2 heterocycles. The zero-order chi connectivity index (χ0) is 18.5. The monoisotopic (exact) mass is 353 g/mol. The number of benzene rings is 1. The topological polar surface area (TPSA) is 91.0 Å². The molecule has 1 aromatic carbocycles. The standard InChI is InChI=1S/C18H19N5O3/c1-3-22-11-14(10-19-22)20-16(24)12-23-17(25)9-15(26-2)18(21-23)13-7-5-4-6-8-13/h4-11H,3,12H2,1-2H3,(H,20,24). The molecule has 0 aliphatic carbocycles. The summed E-state index contributed by atoms with van der Waals surface area (Å²) in [5, 5.41) is 11.1. The van der Waals surface area contributed by atoms with Crippen molar-refractivity contribution in [3.63, 3.8) is 0 Å². The Kier molecular flexibility index (Phi) is 5.12. The van der Waals surface area contributed by atoms with E-state index in [9.17, 15) is 9.59 Å². The number of aromatic nitrogens is 4. The molecule has 26 heavy (non-hydrogen) atoms. The van der Waals surface area contributed by atoms with Crippen molar-refractivity contribution in [1.29, 1.82) is 0 Å². The van der Waals surface area contributed by atoms with Gasteiger partial charge in [-0.3, -0.25) is 14.3 Å². The number of anilines is 1. The zero-order valence-corrected chi connectivity index (χ0v) is 14.5. The molecule has 2 aromatic heterocycles. The van der Waals surface area contributed by atoms with Crippen molar-refractivity contribution < 1.29 is 9.53 Å². The molecule has 3 aromatic rings. The highest BCUT2D eigenvalue weighted by Crippen LogP contribution is 2.25. The fraction of sp³-hybridized carbons (Fsp3) is 0.222. The van der Waals surface area contributed by atoms with Gasteiger partial charge in [0.25, 0.3) is 5.56 Å². The molecule has 0 radical (unpaired) electrons. The lowest BCUT2D eigenvalue weighted by molar-refractivity contribution is -0.117. The van der Waals surface area contributed by atoms with Gasteiger partial charge in [-0.2, -0.15) is 10.2 Å². The fourth-order valence-electron chi connectivity index (χ4n) is 2.48. The Balaban J connectivity index is 1.85. The third-order valence-electron chi connectivity index (χ3n) is 3.76. The second-order valence-electron chi connectivity index (χ2n) is 5.56. The van der Waals surface area contributed by atoms with Crippen LogP contribution in [0.15, 0.2) is 53.6 Å². The Morgan fingerprint density at radius 3 is 2.69 bits per heavy atom. The summed E-state index contributed by atoms with van der Waals surface area (Å²) in [6.45, 7) is 2.44. The largest absolute Gasteiger partial charge is 0.494 e. The predicted octanol–water partition coefficient (Wildman–Crippen LogP) is 1.77. The van der Waals surface area contributed by atoms with Crippen molar-refractivity contribution in [2.75, 3.05) is 12.4 Å². The maximum absolute atomic E-state index is 12.3. The summed E-state index contributed by atoms with van der Waals surface area (Å²) in [6.07, 6.45) is 3.28. The summed E-state index contributed by atoms with van der Waals surface area (Å²) in [5.41, 5.74) is 1.45. The summed E-state index contributed by atoms with van der Waals surface area (Å²) < 4.78 is 8.07. The molecular formula is C18H19N5O3. The molecule has 0 fully saturated rings. The van der Waals surface area contributed by atoms with Crippen LogP contribution in [0.5, 0.6) is 5.75 Å². The van der Waals surface area contributed by atoms with E-state index in [1.807, 2.05) is 37.3 Å². The summed E-state index contributed by atoms with van der Waals surface area (Å²) in [6, 6.07) is 10.7. The number of ether oxygens (including phenoxy) is 1. The molecule has 0 saturated carbocycles. The first-order valence-corrected chi connectivity index (χ1v) is 8.14. The first-order chi connectivity index (χ1) is 12.6. The number of aryl methyl sites for hydroxylation is 1. The number of amides is 1. The third-order valence-corrected chi connectivity index (χ3v) is 3.76. The van der Waals surface area contributed by atoms with Gasteiger partial charge in [-0.1, -0.05) is 30.3 Å². The van der Waals surface area contributed by atoms with Crippen molar-refractivity contribution in [3.05, 3.63) is 59.1 Å². The van der Waals surface area contributed by atoms with Crippen LogP contribution in [0.1, 0.15) is 6.92 Å². The number of rotatable bonds is 6. The van der Waals surface area contributed by atoms with Gasteiger partial charge in [-0.15, -0.1) is 0 Å². The van der Waals surface area contributed by atoms with Crippen LogP contribution in [0, 0.1) is 0 Å². The van der Waals surface area contributed by atoms with E-state index in [2.05, 4.69) is 15.5 Å². The van der Waals surface area contributed by atoms with E-state index in [1.165, 1.54) is 13.2 Å². The number of carbonyl (C=O) groups excluding carboxylic acids is 1. The predicted molar refractivity (Wildman–Crippen MR) is 97.0 cm³/mol. The lowest BCUT2D eigenvalue weighted by Crippen LogP contribution is -2.29.